The Hall–Kier alpha value is -3.46. The van der Waals surface area contributed by atoms with Gasteiger partial charge in [0, 0.05) is 5.92 Å². The predicted molar refractivity (Wildman–Crippen MR) is 135 cm³/mol. The Labute approximate surface area is 217 Å². The van der Waals surface area contributed by atoms with E-state index in [9.17, 15) is 14.7 Å². The molecule has 9 heteroatoms. The van der Waals surface area contributed by atoms with Gasteiger partial charge in [0.1, 0.15) is 0 Å². The number of carbonyl (C=O) groups is 2. The van der Waals surface area contributed by atoms with E-state index in [0.717, 1.165) is 24.0 Å². The molecule has 2 aliphatic rings. The van der Waals surface area contributed by atoms with Crippen molar-refractivity contribution in [3.63, 3.8) is 0 Å². The van der Waals surface area contributed by atoms with E-state index in [-0.39, 0.29) is 29.6 Å². The summed E-state index contributed by atoms with van der Waals surface area (Å²) in [5.41, 5.74) is 1.90. The predicted octanol–water partition coefficient (Wildman–Crippen LogP) is 3.68. The molecular formula is C28H35NO8. The van der Waals surface area contributed by atoms with Gasteiger partial charge in [-0.2, -0.15) is 0 Å². The molecule has 0 spiro atoms. The van der Waals surface area contributed by atoms with Gasteiger partial charge in [0.2, 0.25) is 0 Å². The van der Waals surface area contributed by atoms with Gasteiger partial charge in [-0.15, -0.1) is 0 Å². The first-order chi connectivity index (χ1) is 17.9. The van der Waals surface area contributed by atoms with Crippen LogP contribution in [0.1, 0.15) is 36.8 Å². The normalized spacial score (nSPS) is 23.2. The summed E-state index contributed by atoms with van der Waals surface area (Å²) in [4.78, 5) is 25.0. The number of benzene rings is 2. The standard InChI is InChI=1S/C28H35NO8/c1-33-23-10-8-17(14-25(23)34-2)12-19-16-36-27(31)20(19)13-18-9-11-24(26(15-18)35-3)37-28(32)29-21-6-4-5-7-22(21)30/h8-11,14-15,19-22,30H,4-7,12-13,16H2,1-3H3,(H,29,32)/t19-,20+,21-,22-/m0/s1. The fourth-order valence-electron chi connectivity index (χ4n) is 5.10. The summed E-state index contributed by atoms with van der Waals surface area (Å²) in [5, 5.41) is 12.8. The molecule has 1 aliphatic heterocycles. The van der Waals surface area contributed by atoms with Crippen LogP contribution in [0.5, 0.6) is 23.0 Å². The maximum Gasteiger partial charge on any atom is 0.413 e. The number of nitrogens with one attached hydrogen (secondary N) is 1. The van der Waals surface area contributed by atoms with Crippen LogP contribution < -0.4 is 24.3 Å². The monoisotopic (exact) mass is 513 g/mol. The highest BCUT2D eigenvalue weighted by atomic mass is 16.6. The first kappa shape index (κ1) is 26.6. The van der Waals surface area contributed by atoms with Gasteiger partial charge in [-0.05, 0) is 61.1 Å². The molecule has 2 N–H and O–H groups in total. The van der Waals surface area contributed by atoms with E-state index in [0.29, 0.717) is 49.5 Å². The van der Waals surface area contributed by atoms with E-state index in [4.69, 9.17) is 23.7 Å². The Morgan fingerprint density at radius 1 is 0.919 bits per heavy atom. The van der Waals surface area contributed by atoms with E-state index < -0.39 is 12.2 Å². The lowest BCUT2D eigenvalue weighted by Crippen LogP contribution is -2.46. The van der Waals surface area contributed by atoms with Crippen LogP contribution in [0, 0.1) is 11.8 Å². The van der Waals surface area contributed by atoms with E-state index in [2.05, 4.69) is 5.32 Å². The number of aliphatic hydroxyl groups is 1. The van der Waals surface area contributed by atoms with E-state index in [1.54, 1.807) is 26.4 Å². The molecule has 4 atom stereocenters. The van der Waals surface area contributed by atoms with Gasteiger partial charge in [-0.1, -0.05) is 25.0 Å². The lowest BCUT2D eigenvalue weighted by atomic mass is 9.85. The number of hydrogen-bond donors (Lipinski definition) is 2. The fraction of sp³-hybridized carbons (Fsp3) is 0.500. The van der Waals surface area contributed by atoms with Crippen molar-refractivity contribution in [3.05, 3.63) is 47.5 Å². The van der Waals surface area contributed by atoms with Crippen molar-refractivity contribution in [1.29, 1.82) is 0 Å². The van der Waals surface area contributed by atoms with Crippen molar-refractivity contribution in [1.82, 2.24) is 5.32 Å². The summed E-state index contributed by atoms with van der Waals surface area (Å²) >= 11 is 0. The summed E-state index contributed by atoms with van der Waals surface area (Å²) in [7, 11) is 4.68. The Kier molecular flexibility index (Phi) is 8.76. The summed E-state index contributed by atoms with van der Waals surface area (Å²) in [6.07, 6.45) is 3.21. The third-order valence-corrected chi connectivity index (χ3v) is 7.18. The SMILES string of the molecule is COc1ccc(C[C@H]2COC(=O)[C@@H]2Cc2ccc(OC(=O)N[C@H]3CCCC[C@@H]3O)c(OC)c2)cc1OC. The molecule has 200 valence electrons. The van der Waals surface area contributed by atoms with Crippen LogP contribution in [0.15, 0.2) is 36.4 Å². The van der Waals surface area contributed by atoms with Gasteiger partial charge >= 0.3 is 12.1 Å². The minimum atomic E-state index is -0.633. The zero-order valence-corrected chi connectivity index (χ0v) is 21.5. The van der Waals surface area contributed by atoms with Gasteiger partial charge in [-0.3, -0.25) is 4.79 Å². The number of rotatable bonds is 9. The van der Waals surface area contributed by atoms with Gasteiger partial charge < -0.3 is 34.1 Å². The Balaban J connectivity index is 1.41. The van der Waals surface area contributed by atoms with Crippen molar-refractivity contribution in [3.8, 4) is 23.0 Å². The molecule has 37 heavy (non-hydrogen) atoms. The van der Waals surface area contributed by atoms with Crippen LogP contribution >= 0.6 is 0 Å². The highest BCUT2D eigenvalue weighted by Crippen LogP contribution is 2.35. The average Bonchev–Trinajstić information content (AvgIpc) is 3.24. The zero-order valence-electron chi connectivity index (χ0n) is 21.5. The van der Waals surface area contributed by atoms with Crippen LogP contribution in [0.2, 0.25) is 0 Å². The van der Waals surface area contributed by atoms with Gasteiger partial charge in [0.15, 0.2) is 23.0 Å². The molecule has 1 aliphatic carbocycles. The summed E-state index contributed by atoms with van der Waals surface area (Å²) < 4.78 is 27.1. The van der Waals surface area contributed by atoms with Crippen molar-refractivity contribution in [2.45, 2.75) is 50.7 Å². The topological polar surface area (TPSA) is 113 Å². The third kappa shape index (κ3) is 6.46. The van der Waals surface area contributed by atoms with Gasteiger partial charge in [-0.25, -0.2) is 4.79 Å². The van der Waals surface area contributed by atoms with Crippen molar-refractivity contribution < 1.29 is 38.4 Å². The molecule has 0 aromatic heterocycles. The highest BCUT2D eigenvalue weighted by Gasteiger charge is 2.37. The number of carbonyl (C=O) groups excluding carboxylic acids is 2. The number of esters is 1. The maximum atomic E-state index is 12.6. The first-order valence-corrected chi connectivity index (χ1v) is 12.6. The molecule has 0 radical (unpaired) electrons. The molecule has 1 amide bonds. The summed E-state index contributed by atoms with van der Waals surface area (Å²) in [6.45, 7) is 0.351. The van der Waals surface area contributed by atoms with Crippen molar-refractivity contribution in [2.24, 2.45) is 11.8 Å². The number of aliphatic hydroxyl groups excluding tert-OH is 1. The molecule has 1 heterocycles. The van der Waals surface area contributed by atoms with Crippen molar-refractivity contribution in [2.75, 3.05) is 27.9 Å². The molecule has 0 bridgehead atoms. The summed E-state index contributed by atoms with van der Waals surface area (Å²) in [6, 6.07) is 10.7. The summed E-state index contributed by atoms with van der Waals surface area (Å²) in [5.74, 6) is 1.41. The van der Waals surface area contributed by atoms with Crippen LogP contribution in [0.25, 0.3) is 0 Å². The zero-order chi connectivity index (χ0) is 26.4. The average molecular weight is 514 g/mol. The molecule has 2 aromatic rings. The molecular weight excluding hydrogens is 478 g/mol. The molecule has 2 aromatic carbocycles. The second kappa shape index (κ2) is 12.2. The molecule has 1 saturated heterocycles. The Morgan fingerprint density at radius 3 is 2.22 bits per heavy atom. The molecule has 2 fully saturated rings. The molecule has 1 saturated carbocycles. The second-order valence-corrected chi connectivity index (χ2v) is 9.57. The number of hydrogen-bond acceptors (Lipinski definition) is 8. The van der Waals surface area contributed by atoms with Gasteiger partial charge in [0.05, 0.1) is 46.0 Å². The van der Waals surface area contributed by atoms with E-state index in [1.807, 2.05) is 24.3 Å². The Morgan fingerprint density at radius 2 is 1.54 bits per heavy atom. The minimum absolute atomic E-state index is 0.000205. The number of amides is 1. The lowest BCUT2D eigenvalue weighted by Gasteiger charge is -2.27. The minimum Gasteiger partial charge on any atom is -0.493 e. The van der Waals surface area contributed by atoms with Crippen LogP contribution in [-0.2, 0) is 22.4 Å². The number of ether oxygens (including phenoxy) is 5. The number of methoxy groups -OCH3 is 3. The lowest BCUT2D eigenvalue weighted by molar-refractivity contribution is -0.141. The number of cyclic esters (lactones) is 1. The molecule has 4 rings (SSSR count). The highest BCUT2D eigenvalue weighted by molar-refractivity contribution is 5.75. The van der Waals surface area contributed by atoms with E-state index in [1.165, 1.54) is 7.11 Å². The first-order valence-electron chi connectivity index (χ1n) is 12.6. The van der Waals surface area contributed by atoms with Crippen LogP contribution in [-0.4, -0.2) is 57.3 Å². The second-order valence-electron chi connectivity index (χ2n) is 9.57. The van der Waals surface area contributed by atoms with Crippen LogP contribution in [0.3, 0.4) is 0 Å². The van der Waals surface area contributed by atoms with Crippen molar-refractivity contribution >= 4 is 12.1 Å². The van der Waals surface area contributed by atoms with Gasteiger partial charge in [0.25, 0.3) is 0 Å². The fourth-order valence-corrected chi connectivity index (χ4v) is 5.10. The van der Waals surface area contributed by atoms with E-state index >= 15 is 0 Å². The molecule has 0 unspecified atom stereocenters. The molecule has 9 nitrogen and oxygen atoms in total. The quantitative estimate of drug-likeness (QED) is 0.489. The largest absolute Gasteiger partial charge is 0.493 e. The smallest absolute Gasteiger partial charge is 0.413 e. The Bertz CT molecular complexity index is 1100. The maximum absolute atomic E-state index is 12.6. The third-order valence-electron chi connectivity index (χ3n) is 7.18. The van der Waals surface area contributed by atoms with Crippen LogP contribution in [0.4, 0.5) is 4.79 Å².